The largest absolute Gasteiger partial charge is 0.414 e. The van der Waals surface area contributed by atoms with Crippen molar-refractivity contribution in [1.29, 1.82) is 0 Å². The average molecular weight is 302 g/mol. The number of hydroxylamine groups is 2. The summed E-state index contributed by atoms with van der Waals surface area (Å²) in [5.74, 6) is 0.515. The predicted molar refractivity (Wildman–Crippen MR) is 88.1 cm³/mol. The first-order valence-corrected chi connectivity index (χ1v) is 7.95. The molecular formula is C18H26N2O2. The van der Waals surface area contributed by atoms with Gasteiger partial charge in [0, 0.05) is 14.1 Å². The monoisotopic (exact) mass is 302 g/mol. The molecule has 0 radical (unpaired) electrons. The van der Waals surface area contributed by atoms with E-state index < -0.39 is 0 Å². The van der Waals surface area contributed by atoms with Crippen molar-refractivity contribution in [2.45, 2.75) is 45.1 Å². The number of carbonyl (C=O) groups is 1. The molecule has 2 rings (SSSR count). The second-order valence-corrected chi connectivity index (χ2v) is 6.05. The molecule has 0 aliphatic heterocycles. The van der Waals surface area contributed by atoms with Crippen molar-refractivity contribution in [3.63, 3.8) is 0 Å². The van der Waals surface area contributed by atoms with Gasteiger partial charge in [0.05, 0.1) is 11.6 Å². The van der Waals surface area contributed by atoms with Crippen LogP contribution >= 0.6 is 0 Å². The summed E-state index contributed by atoms with van der Waals surface area (Å²) in [6, 6.07) is 8.50. The predicted octanol–water partition coefficient (Wildman–Crippen LogP) is 3.53. The van der Waals surface area contributed by atoms with Crippen LogP contribution in [0.3, 0.4) is 0 Å². The minimum absolute atomic E-state index is 0.0429. The lowest BCUT2D eigenvalue weighted by Gasteiger charge is -2.30. The van der Waals surface area contributed by atoms with Gasteiger partial charge in [-0.05, 0) is 36.3 Å². The van der Waals surface area contributed by atoms with Crippen LogP contribution in [0, 0.1) is 0 Å². The van der Waals surface area contributed by atoms with Crippen LogP contribution in [-0.2, 0) is 9.63 Å². The third-order valence-corrected chi connectivity index (χ3v) is 4.17. The lowest BCUT2D eigenvalue weighted by Crippen LogP contribution is -2.32. The first kappa shape index (κ1) is 16.6. The lowest BCUT2D eigenvalue weighted by atomic mass is 9.81. The topological polar surface area (TPSA) is 41.6 Å². The van der Waals surface area contributed by atoms with Crippen molar-refractivity contribution in [1.82, 2.24) is 10.4 Å². The van der Waals surface area contributed by atoms with E-state index in [0.717, 1.165) is 12.8 Å². The molecule has 0 heterocycles. The lowest BCUT2D eigenvalue weighted by molar-refractivity contribution is -0.119. The summed E-state index contributed by atoms with van der Waals surface area (Å²) in [7, 11) is 3.58. The van der Waals surface area contributed by atoms with E-state index in [0.29, 0.717) is 17.9 Å². The van der Waals surface area contributed by atoms with E-state index in [9.17, 15) is 4.79 Å². The van der Waals surface area contributed by atoms with E-state index in [1.807, 2.05) is 13.0 Å². The van der Waals surface area contributed by atoms with Gasteiger partial charge >= 0.3 is 0 Å². The molecular weight excluding hydrogens is 276 g/mol. The van der Waals surface area contributed by atoms with Crippen LogP contribution in [-0.4, -0.2) is 25.1 Å². The van der Waals surface area contributed by atoms with Gasteiger partial charge in [0.2, 0.25) is 0 Å². The molecule has 1 aliphatic rings. The van der Waals surface area contributed by atoms with Crippen molar-refractivity contribution in [3.8, 4) is 0 Å². The number of carbonyl (C=O) groups excluding carboxylic acids is 1. The maximum atomic E-state index is 12.5. The highest BCUT2D eigenvalue weighted by Gasteiger charge is 2.26. The number of nitrogens with one attached hydrogen (secondary N) is 1. The molecule has 4 nitrogen and oxygen atoms in total. The zero-order valence-corrected chi connectivity index (χ0v) is 13.9. The van der Waals surface area contributed by atoms with Gasteiger partial charge < -0.3 is 10.2 Å². The van der Waals surface area contributed by atoms with Crippen LogP contribution in [0.1, 0.15) is 56.2 Å². The number of benzene rings is 1. The number of hydrogen-bond acceptors (Lipinski definition) is 3. The molecule has 0 saturated heterocycles. The molecule has 1 N–H and O–H groups in total. The third kappa shape index (κ3) is 3.89. The first-order valence-electron chi connectivity index (χ1n) is 7.95. The van der Waals surface area contributed by atoms with E-state index in [1.165, 1.54) is 17.4 Å². The maximum Gasteiger partial charge on any atom is 0.250 e. The Kier molecular flexibility index (Phi) is 5.61. The Morgan fingerprint density at radius 2 is 2.00 bits per heavy atom. The Morgan fingerprint density at radius 1 is 1.32 bits per heavy atom. The van der Waals surface area contributed by atoms with E-state index in [-0.39, 0.29) is 11.9 Å². The minimum atomic E-state index is -0.0429. The van der Waals surface area contributed by atoms with Gasteiger partial charge in [0.25, 0.3) is 5.91 Å². The van der Waals surface area contributed by atoms with Crippen LogP contribution in [0.15, 0.2) is 36.1 Å². The molecule has 0 aromatic heterocycles. The standard InChI is InChI=1S/C18H26N2O2/c1-5-14(12-22-20(3)4)18(21)19-17-11-10-13(2)15-8-6-7-9-16(15)17/h6-9,12-13,17H,5,10-11H2,1-4H3,(H,19,21)/b14-12+. The molecule has 2 atom stereocenters. The summed E-state index contributed by atoms with van der Waals surface area (Å²) >= 11 is 0. The van der Waals surface area contributed by atoms with Gasteiger partial charge in [-0.2, -0.15) is 5.06 Å². The highest BCUT2D eigenvalue weighted by atomic mass is 16.7. The number of rotatable bonds is 5. The smallest absolute Gasteiger partial charge is 0.250 e. The fourth-order valence-corrected chi connectivity index (χ4v) is 2.87. The van der Waals surface area contributed by atoms with Gasteiger partial charge in [-0.1, -0.05) is 38.1 Å². The fourth-order valence-electron chi connectivity index (χ4n) is 2.87. The van der Waals surface area contributed by atoms with E-state index in [1.54, 1.807) is 19.2 Å². The summed E-state index contributed by atoms with van der Waals surface area (Å²) in [4.78, 5) is 17.8. The van der Waals surface area contributed by atoms with Crippen LogP contribution in [0.2, 0.25) is 0 Å². The molecule has 22 heavy (non-hydrogen) atoms. The molecule has 1 aromatic rings. The Hall–Kier alpha value is -1.81. The zero-order chi connectivity index (χ0) is 16.1. The molecule has 0 bridgehead atoms. The second-order valence-electron chi connectivity index (χ2n) is 6.05. The summed E-state index contributed by atoms with van der Waals surface area (Å²) < 4.78 is 0. The van der Waals surface area contributed by atoms with Crippen LogP contribution in [0.4, 0.5) is 0 Å². The molecule has 120 valence electrons. The highest BCUT2D eigenvalue weighted by molar-refractivity contribution is 5.93. The van der Waals surface area contributed by atoms with Gasteiger partial charge in [-0.25, -0.2) is 0 Å². The Morgan fingerprint density at radius 3 is 2.64 bits per heavy atom. The summed E-state index contributed by atoms with van der Waals surface area (Å²) in [6.45, 7) is 4.21. The van der Waals surface area contributed by atoms with E-state index in [2.05, 4.69) is 30.4 Å². The molecule has 0 spiro atoms. The third-order valence-electron chi connectivity index (χ3n) is 4.17. The number of fused-ring (bicyclic) bond motifs is 1. The maximum absolute atomic E-state index is 12.5. The molecule has 2 unspecified atom stereocenters. The average Bonchev–Trinajstić information content (AvgIpc) is 2.51. The molecule has 0 saturated carbocycles. The summed E-state index contributed by atoms with van der Waals surface area (Å²) in [5.41, 5.74) is 3.26. The Labute approximate surface area is 133 Å². The first-order chi connectivity index (χ1) is 10.5. The van der Waals surface area contributed by atoms with Crippen LogP contribution in [0.5, 0.6) is 0 Å². The molecule has 4 heteroatoms. The second kappa shape index (κ2) is 7.45. The number of amides is 1. The SMILES string of the molecule is CC/C(=C\ON(C)C)C(=O)NC1CCC(C)c2ccccc21. The van der Waals surface area contributed by atoms with Gasteiger partial charge in [0.15, 0.2) is 0 Å². The molecule has 1 aromatic carbocycles. The van der Waals surface area contributed by atoms with Gasteiger partial charge in [-0.3, -0.25) is 4.79 Å². The van der Waals surface area contributed by atoms with Crippen molar-refractivity contribution >= 4 is 5.91 Å². The summed E-state index contributed by atoms with van der Waals surface area (Å²) in [6.07, 6.45) is 4.26. The molecule has 1 aliphatic carbocycles. The molecule has 1 amide bonds. The Balaban J connectivity index is 2.12. The molecule has 0 fully saturated rings. The van der Waals surface area contributed by atoms with Gasteiger partial charge in [0.1, 0.15) is 6.26 Å². The van der Waals surface area contributed by atoms with Crippen molar-refractivity contribution < 1.29 is 9.63 Å². The van der Waals surface area contributed by atoms with Crippen molar-refractivity contribution in [2.24, 2.45) is 0 Å². The Bertz CT molecular complexity index is 552. The van der Waals surface area contributed by atoms with Crippen LogP contribution < -0.4 is 5.32 Å². The zero-order valence-electron chi connectivity index (χ0n) is 13.9. The number of hydrogen-bond donors (Lipinski definition) is 1. The van der Waals surface area contributed by atoms with E-state index in [4.69, 9.17) is 4.84 Å². The number of nitrogens with zero attached hydrogens (tertiary/aromatic N) is 1. The normalized spacial score (nSPS) is 21.4. The van der Waals surface area contributed by atoms with Crippen LogP contribution in [0.25, 0.3) is 0 Å². The minimum Gasteiger partial charge on any atom is -0.414 e. The van der Waals surface area contributed by atoms with E-state index >= 15 is 0 Å². The van der Waals surface area contributed by atoms with Gasteiger partial charge in [-0.15, -0.1) is 0 Å². The quantitative estimate of drug-likeness (QED) is 0.514. The fraction of sp³-hybridized carbons (Fsp3) is 0.500. The summed E-state index contributed by atoms with van der Waals surface area (Å²) in [5, 5.41) is 4.73. The van der Waals surface area contributed by atoms with Crippen molar-refractivity contribution in [2.75, 3.05) is 14.1 Å². The van der Waals surface area contributed by atoms with Crippen molar-refractivity contribution in [3.05, 3.63) is 47.2 Å². The highest BCUT2D eigenvalue weighted by Crippen LogP contribution is 2.37.